The molecule has 166 valence electrons. The van der Waals surface area contributed by atoms with E-state index in [0.717, 1.165) is 0 Å². The predicted octanol–water partition coefficient (Wildman–Crippen LogP) is 4.54. The molecule has 0 aliphatic heterocycles. The highest BCUT2D eigenvalue weighted by Gasteiger charge is 2.75. The van der Waals surface area contributed by atoms with Gasteiger partial charge in [0.05, 0.1) is 0 Å². The molecule has 15 heteroatoms. The lowest BCUT2D eigenvalue weighted by atomic mass is 9.67. The Labute approximate surface area is 148 Å². The molecule has 1 saturated carbocycles. The van der Waals surface area contributed by atoms with Gasteiger partial charge in [-0.15, -0.1) is 0 Å². The molecule has 0 radical (unpaired) electrons. The molecule has 0 spiro atoms. The van der Waals surface area contributed by atoms with Crippen LogP contribution in [0.2, 0.25) is 0 Å². The first-order valence-corrected chi connectivity index (χ1v) is 7.35. The standard InChI is InChI=1S/C13H12F12O3/c14-10(15,16)8(11(17,18)19)5-1-6(3-7(2-5)28-4-26)9(27,12(20,21)22)13(23,24)25/h4-8,27H,1-3H2. The Morgan fingerprint density at radius 3 is 1.54 bits per heavy atom. The Bertz CT molecular complexity index is 519. The molecule has 1 aliphatic rings. The molecule has 0 aromatic carbocycles. The third kappa shape index (κ3) is 4.76. The van der Waals surface area contributed by atoms with Gasteiger partial charge in [0.1, 0.15) is 6.10 Å². The lowest BCUT2D eigenvalue weighted by molar-refractivity contribution is -0.391. The lowest BCUT2D eigenvalue weighted by Crippen LogP contribution is -2.63. The predicted molar refractivity (Wildman–Crippen MR) is 64.4 cm³/mol. The van der Waals surface area contributed by atoms with Gasteiger partial charge in [-0.05, 0) is 25.2 Å². The monoisotopic (exact) mass is 444 g/mol. The Balaban J connectivity index is 3.47. The number of hydrogen-bond acceptors (Lipinski definition) is 3. The summed E-state index contributed by atoms with van der Waals surface area (Å²) in [6.07, 6.45) is -31.8. The van der Waals surface area contributed by atoms with E-state index in [1.165, 1.54) is 0 Å². The van der Waals surface area contributed by atoms with E-state index in [9.17, 15) is 62.6 Å². The minimum Gasteiger partial charge on any atom is -0.465 e. The summed E-state index contributed by atoms with van der Waals surface area (Å²) in [6, 6.07) is 0. The van der Waals surface area contributed by atoms with Gasteiger partial charge >= 0.3 is 24.7 Å². The summed E-state index contributed by atoms with van der Waals surface area (Å²) in [7, 11) is 0. The highest BCUT2D eigenvalue weighted by molar-refractivity contribution is 5.37. The smallest absolute Gasteiger partial charge is 0.426 e. The number of rotatable bonds is 4. The third-order valence-electron chi connectivity index (χ3n) is 4.58. The van der Waals surface area contributed by atoms with Crippen LogP contribution in [0.5, 0.6) is 0 Å². The minimum atomic E-state index is -6.46. The second-order valence-electron chi connectivity index (χ2n) is 6.34. The molecule has 1 N–H and O–H groups in total. The molecule has 0 amide bonds. The summed E-state index contributed by atoms with van der Waals surface area (Å²) in [5.74, 6) is -10.3. The number of aliphatic hydroxyl groups is 1. The molecule has 0 aromatic rings. The van der Waals surface area contributed by atoms with E-state index in [4.69, 9.17) is 0 Å². The van der Waals surface area contributed by atoms with Crippen molar-refractivity contribution in [1.82, 2.24) is 0 Å². The molecule has 0 bridgehead atoms. The molecule has 0 heterocycles. The van der Waals surface area contributed by atoms with Crippen molar-refractivity contribution in [2.75, 3.05) is 0 Å². The first kappa shape index (κ1) is 24.6. The zero-order valence-electron chi connectivity index (χ0n) is 13.3. The molecule has 3 unspecified atom stereocenters. The van der Waals surface area contributed by atoms with Crippen molar-refractivity contribution in [3.8, 4) is 0 Å². The number of carbonyl (C=O) groups excluding carboxylic acids is 1. The van der Waals surface area contributed by atoms with Crippen LogP contribution >= 0.6 is 0 Å². The van der Waals surface area contributed by atoms with Crippen LogP contribution in [0.15, 0.2) is 0 Å². The number of hydrogen-bond donors (Lipinski definition) is 1. The van der Waals surface area contributed by atoms with Gasteiger partial charge < -0.3 is 9.84 Å². The van der Waals surface area contributed by atoms with Crippen molar-refractivity contribution in [1.29, 1.82) is 0 Å². The van der Waals surface area contributed by atoms with Crippen LogP contribution in [0.25, 0.3) is 0 Å². The lowest BCUT2D eigenvalue weighted by Gasteiger charge is -2.45. The maximum Gasteiger partial charge on any atom is 0.426 e. The number of ether oxygens (including phenoxy) is 1. The van der Waals surface area contributed by atoms with Crippen LogP contribution in [0.1, 0.15) is 19.3 Å². The summed E-state index contributed by atoms with van der Waals surface area (Å²) >= 11 is 0. The van der Waals surface area contributed by atoms with Gasteiger partial charge in [0, 0.05) is 5.92 Å². The zero-order chi connectivity index (χ0) is 22.3. The fourth-order valence-corrected chi connectivity index (χ4v) is 3.46. The van der Waals surface area contributed by atoms with Gasteiger partial charge in [0.25, 0.3) is 12.1 Å². The fourth-order valence-electron chi connectivity index (χ4n) is 3.46. The molecule has 3 nitrogen and oxygen atoms in total. The van der Waals surface area contributed by atoms with E-state index in [2.05, 4.69) is 4.74 Å². The maximum atomic E-state index is 13.0. The van der Waals surface area contributed by atoms with E-state index in [-0.39, 0.29) is 0 Å². The molecule has 3 atom stereocenters. The molecule has 1 aliphatic carbocycles. The van der Waals surface area contributed by atoms with E-state index >= 15 is 0 Å². The minimum absolute atomic E-state index is 0.527. The SMILES string of the molecule is O=COC1CC(C(C(F)(F)F)C(F)(F)F)CC(C(O)(C(F)(F)F)C(F)(F)F)C1. The molecule has 28 heavy (non-hydrogen) atoms. The van der Waals surface area contributed by atoms with Gasteiger partial charge in [-0.3, -0.25) is 4.79 Å². The van der Waals surface area contributed by atoms with Crippen molar-refractivity contribution in [3.05, 3.63) is 0 Å². The van der Waals surface area contributed by atoms with Crippen LogP contribution < -0.4 is 0 Å². The van der Waals surface area contributed by atoms with Crippen LogP contribution in [-0.2, 0) is 9.53 Å². The van der Waals surface area contributed by atoms with Crippen LogP contribution in [0.4, 0.5) is 52.7 Å². The molecular weight excluding hydrogens is 432 g/mol. The maximum absolute atomic E-state index is 13.0. The highest BCUT2D eigenvalue weighted by Crippen LogP contribution is 2.56. The van der Waals surface area contributed by atoms with Gasteiger partial charge in [0.2, 0.25) is 0 Å². The molecular formula is C13H12F12O3. The first-order chi connectivity index (χ1) is 12.3. The fraction of sp³-hybridized carbons (Fsp3) is 0.923. The molecule has 1 fully saturated rings. The summed E-state index contributed by atoms with van der Waals surface area (Å²) in [6.45, 7) is -0.527. The molecule has 0 saturated heterocycles. The van der Waals surface area contributed by atoms with Crippen molar-refractivity contribution in [3.63, 3.8) is 0 Å². The number of carbonyl (C=O) groups is 1. The number of halogens is 12. The summed E-state index contributed by atoms with van der Waals surface area (Å²) in [4.78, 5) is 10.3. The summed E-state index contributed by atoms with van der Waals surface area (Å²) < 4.78 is 159. The quantitative estimate of drug-likeness (QED) is 0.512. The zero-order valence-corrected chi connectivity index (χ0v) is 13.3. The Kier molecular flexibility index (Phi) is 6.55. The van der Waals surface area contributed by atoms with E-state index in [0.29, 0.717) is 0 Å². The summed E-state index contributed by atoms with van der Waals surface area (Å²) in [5.41, 5.74) is -5.59. The van der Waals surface area contributed by atoms with Gasteiger partial charge in [-0.2, -0.15) is 52.7 Å². The van der Waals surface area contributed by atoms with Crippen LogP contribution in [-0.4, -0.2) is 48.0 Å². The summed E-state index contributed by atoms with van der Waals surface area (Å²) in [5, 5.41) is 9.34. The normalized spacial score (nSPS) is 25.7. The van der Waals surface area contributed by atoms with Gasteiger partial charge in [-0.1, -0.05) is 0 Å². The van der Waals surface area contributed by atoms with Gasteiger partial charge in [-0.25, -0.2) is 0 Å². The number of alkyl halides is 12. The Hall–Kier alpha value is -1.41. The van der Waals surface area contributed by atoms with Crippen molar-refractivity contribution < 1.29 is 67.3 Å². The largest absolute Gasteiger partial charge is 0.465 e. The van der Waals surface area contributed by atoms with Crippen molar-refractivity contribution >= 4 is 6.47 Å². The second-order valence-corrected chi connectivity index (χ2v) is 6.34. The Morgan fingerprint density at radius 2 is 1.21 bits per heavy atom. The molecule has 1 rings (SSSR count). The highest BCUT2D eigenvalue weighted by atomic mass is 19.4. The van der Waals surface area contributed by atoms with Crippen molar-refractivity contribution in [2.45, 2.75) is 55.7 Å². The topological polar surface area (TPSA) is 46.5 Å². The van der Waals surface area contributed by atoms with Crippen LogP contribution in [0, 0.1) is 17.8 Å². The van der Waals surface area contributed by atoms with Gasteiger partial charge in [0.15, 0.2) is 5.92 Å². The van der Waals surface area contributed by atoms with E-state index in [1.807, 2.05) is 0 Å². The van der Waals surface area contributed by atoms with Crippen LogP contribution in [0.3, 0.4) is 0 Å². The van der Waals surface area contributed by atoms with E-state index in [1.54, 1.807) is 0 Å². The molecule has 0 aromatic heterocycles. The third-order valence-corrected chi connectivity index (χ3v) is 4.58. The van der Waals surface area contributed by atoms with Crippen molar-refractivity contribution in [2.24, 2.45) is 17.8 Å². The Morgan fingerprint density at radius 1 is 0.786 bits per heavy atom. The second kappa shape index (κ2) is 7.44. The average Bonchev–Trinajstić information content (AvgIpc) is 2.40. The van der Waals surface area contributed by atoms with E-state index < -0.39 is 79.9 Å². The average molecular weight is 444 g/mol. The first-order valence-electron chi connectivity index (χ1n) is 7.35.